The van der Waals surface area contributed by atoms with Crippen LogP contribution in [0.4, 0.5) is 0 Å². The zero-order valence-corrected chi connectivity index (χ0v) is 36.0. The van der Waals surface area contributed by atoms with Crippen molar-refractivity contribution in [1.29, 1.82) is 0 Å². The molecule has 0 aliphatic rings. The third-order valence-corrected chi connectivity index (χ3v) is 8.63. The second kappa shape index (κ2) is 44.5. The molecular formula is C51H78O6. The first-order valence-corrected chi connectivity index (χ1v) is 22.1. The van der Waals surface area contributed by atoms with E-state index >= 15 is 0 Å². The highest BCUT2D eigenvalue weighted by molar-refractivity contribution is 5.71. The fourth-order valence-electron chi connectivity index (χ4n) is 5.34. The number of ether oxygens (including phenoxy) is 3. The predicted molar refractivity (Wildman–Crippen MR) is 242 cm³/mol. The molecule has 318 valence electrons. The lowest BCUT2D eigenvalue weighted by molar-refractivity contribution is -0.166. The van der Waals surface area contributed by atoms with Crippen LogP contribution in [0.25, 0.3) is 0 Å². The highest BCUT2D eigenvalue weighted by atomic mass is 16.6. The summed E-state index contributed by atoms with van der Waals surface area (Å²) in [6.07, 6.45) is 60.5. The summed E-state index contributed by atoms with van der Waals surface area (Å²) < 4.78 is 16.6. The number of esters is 3. The highest BCUT2D eigenvalue weighted by Gasteiger charge is 2.19. The predicted octanol–water partition coefficient (Wildman–Crippen LogP) is 14.2. The summed E-state index contributed by atoms with van der Waals surface area (Å²) in [7, 11) is 0. The first kappa shape index (κ1) is 52.8. The molecule has 0 rings (SSSR count). The summed E-state index contributed by atoms with van der Waals surface area (Å²) in [6, 6.07) is 0. The zero-order valence-electron chi connectivity index (χ0n) is 36.0. The number of hydrogen-bond donors (Lipinski definition) is 0. The molecule has 1 unspecified atom stereocenters. The molecule has 0 radical (unpaired) electrons. The van der Waals surface area contributed by atoms with Crippen LogP contribution in [0.15, 0.2) is 122 Å². The molecule has 0 saturated carbocycles. The lowest BCUT2D eigenvalue weighted by Crippen LogP contribution is -2.30. The quantitative estimate of drug-likeness (QED) is 0.0205. The van der Waals surface area contributed by atoms with Crippen molar-refractivity contribution in [3.63, 3.8) is 0 Å². The summed E-state index contributed by atoms with van der Waals surface area (Å²) >= 11 is 0. The van der Waals surface area contributed by atoms with Crippen LogP contribution < -0.4 is 0 Å². The van der Waals surface area contributed by atoms with Gasteiger partial charge in [-0.15, -0.1) is 0 Å². The minimum atomic E-state index is -0.838. The van der Waals surface area contributed by atoms with Gasteiger partial charge in [0, 0.05) is 19.3 Å². The van der Waals surface area contributed by atoms with Gasteiger partial charge in [-0.25, -0.2) is 0 Å². The summed E-state index contributed by atoms with van der Waals surface area (Å²) in [4.78, 5) is 37.7. The van der Waals surface area contributed by atoms with Crippen LogP contribution in [-0.2, 0) is 28.6 Å². The van der Waals surface area contributed by atoms with Crippen molar-refractivity contribution in [1.82, 2.24) is 0 Å². The van der Waals surface area contributed by atoms with Crippen LogP contribution >= 0.6 is 0 Å². The number of hydrogen-bond acceptors (Lipinski definition) is 6. The summed E-state index contributed by atoms with van der Waals surface area (Å²) in [6.45, 7) is 6.18. The van der Waals surface area contributed by atoms with E-state index in [4.69, 9.17) is 14.2 Å². The molecule has 0 amide bonds. The van der Waals surface area contributed by atoms with Crippen LogP contribution in [-0.4, -0.2) is 37.2 Å². The Morgan fingerprint density at radius 1 is 0.386 bits per heavy atom. The molecule has 0 aliphatic carbocycles. The van der Waals surface area contributed by atoms with E-state index in [2.05, 4.69) is 63.3 Å². The summed E-state index contributed by atoms with van der Waals surface area (Å²) in [5.41, 5.74) is 0. The average molecular weight is 787 g/mol. The molecule has 0 aromatic rings. The van der Waals surface area contributed by atoms with E-state index < -0.39 is 6.10 Å². The largest absolute Gasteiger partial charge is 0.462 e. The molecule has 0 aliphatic heterocycles. The maximum atomic E-state index is 12.7. The van der Waals surface area contributed by atoms with Crippen molar-refractivity contribution >= 4 is 17.9 Å². The molecule has 0 aromatic carbocycles. The SMILES string of the molecule is CC\C=C/C=C\C=C/C=C\CCCCCC(=O)OCC(COC(=O)CC/C=C\C/C=C\CCCCCCCC)OC(=O)CCCCC\C=C/C=C\C=C/C=C\CC. The fraction of sp³-hybridized carbons (Fsp3) is 0.549. The average Bonchev–Trinajstić information content (AvgIpc) is 3.21. The Hall–Kier alpha value is -4.19. The molecule has 0 heterocycles. The molecule has 1 atom stereocenters. The van der Waals surface area contributed by atoms with E-state index in [0.29, 0.717) is 12.8 Å². The van der Waals surface area contributed by atoms with Crippen molar-refractivity contribution in [2.24, 2.45) is 0 Å². The third kappa shape index (κ3) is 42.8. The van der Waals surface area contributed by atoms with Gasteiger partial charge in [-0.2, -0.15) is 0 Å². The number of rotatable bonds is 37. The van der Waals surface area contributed by atoms with Crippen LogP contribution in [0.1, 0.15) is 162 Å². The van der Waals surface area contributed by atoms with E-state index in [9.17, 15) is 14.4 Å². The number of carbonyl (C=O) groups is 3. The Morgan fingerprint density at radius 2 is 0.789 bits per heavy atom. The molecular weight excluding hydrogens is 709 g/mol. The monoisotopic (exact) mass is 787 g/mol. The van der Waals surface area contributed by atoms with Gasteiger partial charge in [0.05, 0.1) is 0 Å². The van der Waals surface area contributed by atoms with Crippen LogP contribution in [0.5, 0.6) is 0 Å². The van der Waals surface area contributed by atoms with Gasteiger partial charge < -0.3 is 14.2 Å². The van der Waals surface area contributed by atoms with E-state index in [1.165, 1.54) is 38.5 Å². The Morgan fingerprint density at radius 3 is 1.32 bits per heavy atom. The molecule has 0 fully saturated rings. The topological polar surface area (TPSA) is 78.9 Å². The van der Waals surface area contributed by atoms with Crippen LogP contribution in [0.3, 0.4) is 0 Å². The minimum Gasteiger partial charge on any atom is -0.462 e. The molecule has 57 heavy (non-hydrogen) atoms. The second-order valence-corrected chi connectivity index (χ2v) is 14.0. The van der Waals surface area contributed by atoms with Crippen LogP contribution in [0, 0.1) is 0 Å². The number of unbranched alkanes of at least 4 members (excludes halogenated alkanes) is 12. The Kier molecular flexibility index (Phi) is 41.3. The van der Waals surface area contributed by atoms with E-state index in [-0.39, 0.29) is 50.4 Å². The number of carbonyl (C=O) groups excluding carboxylic acids is 3. The molecule has 0 saturated heterocycles. The molecule has 0 spiro atoms. The summed E-state index contributed by atoms with van der Waals surface area (Å²) in [5.74, 6) is -1.10. The first-order chi connectivity index (χ1) is 28.0. The van der Waals surface area contributed by atoms with Crippen molar-refractivity contribution in [2.45, 2.75) is 168 Å². The zero-order chi connectivity index (χ0) is 41.5. The van der Waals surface area contributed by atoms with Crippen molar-refractivity contribution in [3.05, 3.63) is 122 Å². The van der Waals surface area contributed by atoms with Gasteiger partial charge >= 0.3 is 17.9 Å². The van der Waals surface area contributed by atoms with Gasteiger partial charge in [-0.05, 0) is 77.0 Å². The lowest BCUT2D eigenvalue weighted by atomic mass is 10.1. The molecule has 6 heteroatoms. The third-order valence-electron chi connectivity index (χ3n) is 8.63. The van der Waals surface area contributed by atoms with Gasteiger partial charge in [0.1, 0.15) is 13.2 Å². The molecule has 6 nitrogen and oxygen atoms in total. The van der Waals surface area contributed by atoms with Gasteiger partial charge in [0.2, 0.25) is 0 Å². The standard InChI is InChI=1S/C51H78O6/c1-4-7-10-13-16-19-22-25-28-31-34-37-40-43-49(52)55-46-48(57-51(54)45-42-39-36-33-30-27-24-21-18-15-12-9-6-3)47-56-50(53)44-41-38-35-32-29-26-23-20-17-14-11-8-5-2/h7,9-10,12-13,15-16,18-19,21-22,24-30,35,38,48H,4-6,8,11,14,17,20,23,31-34,36-37,39-47H2,1-3H3/b10-7-,12-9-,16-13-,18-15-,22-19-,24-21-,28-25-,29-26-,30-27-,38-35-. The Labute approximate surface area is 348 Å². The van der Waals surface area contributed by atoms with Gasteiger partial charge in [-0.3, -0.25) is 14.4 Å². The Balaban J connectivity index is 4.63. The minimum absolute atomic E-state index is 0.136. The van der Waals surface area contributed by atoms with E-state index in [0.717, 1.165) is 70.6 Å². The maximum absolute atomic E-state index is 12.7. The van der Waals surface area contributed by atoms with Gasteiger partial charge in [-0.1, -0.05) is 187 Å². The lowest BCUT2D eigenvalue weighted by Gasteiger charge is -2.18. The van der Waals surface area contributed by atoms with Gasteiger partial charge in [0.25, 0.3) is 0 Å². The van der Waals surface area contributed by atoms with Crippen molar-refractivity contribution < 1.29 is 28.6 Å². The van der Waals surface area contributed by atoms with Crippen molar-refractivity contribution in [2.75, 3.05) is 13.2 Å². The normalized spacial score (nSPS) is 13.2. The highest BCUT2D eigenvalue weighted by Crippen LogP contribution is 2.10. The van der Waals surface area contributed by atoms with E-state index in [1.54, 1.807) is 0 Å². The summed E-state index contributed by atoms with van der Waals surface area (Å²) in [5, 5.41) is 0. The molecule has 0 bridgehead atoms. The Bertz CT molecular complexity index is 1270. The maximum Gasteiger partial charge on any atom is 0.306 e. The molecule has 0 N–H and O–H groups in total. The van der Waals surface area contributed by atoms with Crippen LogP contribution in [0.2, 0.25) is 0 Å². The number of allylic oxidation sites excluding steroid dienone is 20. The van der Waals surface area contributed by atoms with Crippen molar-refractivity contribution in [3.8, 4) is 0 Å². The van der Waals surface area contributed by atoms with E-state index in [1.807, 2.05) is 79.0 Å². The fourth-order valence-corrected chi connectivity index (χ4v) is 5.34. The second-order valence-electron chi connectivity index (χ2n) is 14.0. The smallest absolute Gasteiger partial charge is 0.306 e. The molecule has 0 aromatic heterocycles. The van der Waals surface area contributed by atoms with Gasteiger partial charge in [0.15, 0.2) is 6.10 Å². The first-order valence-electron chi connectivity index (χ1n) is 22.1.